The third kappa shape index (κ3) is 7.73. The molecule has 3 aromatic heterocycles. The van der Waals surface area contributed by atoms with Gasteiger partial charge in [-0.05, 0) is 146 Å². The van der Waals surface area contributed by atoms with Crippen LogP contribution in [-0.2, 0) is 21.7 Å². The number of nitrogens with zero attached hydrogens (tertiary/aromatic N) is 4. The standard InChI is InChI=1S/C70H64N4O/c1-45-37-65(71-42-56(45)46-19-11-10-12-20-46)74-61-26-14-13-23-54(61)55-32-31-51(41-64(55)74)75-50-22-17-21-49(40-50)72-44-73(63-28-16-15-27-62(63)72)66-52(47-29-33-57-59(38-47)68(4,5)36-35-67(57,2)3)24-18-25-53(66)48-30-34-58-60(39-48)70(8,9)43-69(58,6)7/h10-34,37-42H,35-36,43H2,1-9H3/i1D3,2D3,3D3,4D3,5D3,6D3,7D3,8D3,9D3,29D,30D,33D,34D,35D2,36D2,38D,39D. The van der Waals surface area contributed by atoms with Crippen LogP contribution < -0.4 is 9.30 Å². The second-order valence-electron chi connectivity index (χ2n) is 18.8. The molecule has 2 aliphatic carbocycles. The van der Waals surface area contributed by atoms with Gasteiger partial charge in [0.25, 0.3) is 6.33 Å². The molecule has 5 heteroatoms. The van der Waals surface area contributed by atoms with E-state index in [9.17, 15) is 13.7 Å². The summed E-state index contributed by atoms with van der Waals surface area (Å²) in [6.45, 7) is -36.6. The summed E-state index contributed by atoms with van der Waals surface area (Å²) in [7, 11) is 0. The van der Waals surface area contributed by atoms with Crippen molar-refractivity contribution in [2.24, 2.45) is 0 Å². The van der Waals surface area contributed by atoms with E-state index in [1.807, 2.05) is 18.2 Å². The third-order valence-corrected chi connectivity index (χ3v) is 13.7. The van der Waals surface area contributed by atoms with Crippen molar-refractivity contribution in [3.8, 4) is 62.1 Å². The smallest absolute Gasteiger partial charge is 0.269 e. The van der Waals surface area contributed by atoms with Crippen molar-refractivity contribution in [1.82, 2.24) is 14.1 Å². The molecule has 2 aliphatic rings. The van der Waals surface area contributed by atoms with Gasteiger partial charge in [-0.1, -0.05) is 188 Å². The van der Waals surface area contributed by atoms with Crippen molar-refractivity contribution in [3.63, 3.8) is 0 Å². The van der Waals surface area contributed by atoms with Gasteiger partial charge >= 0.3 is 0 Å². The number of benzene rings is 8. The number of para-hydroxylation sites is 4. The third-order valence-electron chi connectivity index (χ3n) is 13.7. The Hall–Kier alpha value is -8.02. The van der Waals surface area contributed by atoms with Crippen molar-refractivity contribution >= 4 is 32.8 Å². The molecule has 11 aromatic rings. The molecule has 0 unspecified atom stereocenters. The molecule has 0 spiro atoms. The largest absolute Gasteiger partial charge is 0.458 e. The highest BCUT2D eigenvalue weighted by molar-refractivity contribution is 6.09. The first-order chi connectivity index (χ1) is 51.3. The predicted molar refractivity (Wildman–Crippen MR) is 309 cm³/mol. The summed E-state index contributed by atoms with van der Waals surface area (Å²) in [5.74, 6) is 0.580. The number of imidazole rings is 1. The minimum absolute atomic E-state index is 0.0248. The molecule has 5 nitrogen and oxygen atoms in total. The van der Waals surface area contributed by atoms with E-state index in [1.165, 1.54) is 47.2 Å². The molecule has 0 saturated heterocycles. The predicted octanol–water partition coefficient (Wildman–Crippen LogP) is 17.6. The Morgan fingerprint density at radius 1 is 0.560 bits per heavy atom. The van der Waals surface area contributed by atoms with E-state index < -0.39 is 189 Å². The van der Waals surface area contributed by atoms with E-state index >= 15 is 0 Å². The lowest BCUT2D eigenvalue weighted by Gasteiger charge is -2.42. The molecule has 0 bridgehead atoms. The molecule has 0 atom stereocenters. The molecule has 13 rings (SSSR count). The van der Waals surface area contributed by atoms with Gasteiger partial charge in [0, 0.05) is 71.1 Å². The first kappa shape index (κ1) is 21.7. The van der Waals surface area contributed by atoms with Gasteiger partial charge in [-0.25, -0.2) is 4.98 Å². The normalized spacial score (nSPS) is 26.2. The van der Waals surface area contributed by atoms with Crippen molar-refractivity contribution in [2.45, 2.75) is 102 Å². The second-order valence-corrected chi connectivity index (χ2v) is 18.8. The quantitative estimate of drug-likeness (QED) is 0.112. The summed E-state index contributed by atoms with van der Waals surface area (Å²) in [6, 6.07) is 28.8. The van der Waals surface area contributed by atoms with Crippen molar-refractivity contribution in [3.05, 3.63) is 222 Å². The highest BCUT2D eigenvalue weighted by Crippen LogP contribution is 2.52. The van der Waals surface area contributed by atoms with Gasteiger partial charge in [-0.15, -0.1) is 0 Å². The minimum Gasteiger partial charge on any atom is -0.458 e. The Bertz CT molecular complexity index is 5630. The molecule has 0 saturated carbocycles. The number of fused-ring (bicyclic) bond motifs is 6. The van der Waals surface area contributed by atoms with Crippen LogP contribution in [-0.4, -0.2) is 14.1 Å². The number of aromatic nitrogens is 4. The van der Waals surface area contributed by atoms with Crippen LogP contribution in [0.15, 0.2) is 188 Å². The maximum Gasteiger partial charge on any atom is 0.269 e. The zero-order chi connectivity index (χ0) is 82.9. The number of hydrogen-bond donors (Lipinski definition) is 0. The molecule has 0 N–H and O–H groups in total. The van der Waals surface area contributed by atoms with Crippen LogP contribution in [0.25, 0.3) is 83.4 Å². The summed E-state index contributed by atoms with van der Waals surface area (Å²) in [4.78, 5) is 4.81. The Kier molecular flexibility index (Phi) is 4.92. The van der Waals surface area contributed by atoms with Crippen LogP contribution in [0.2, 0.25) is 0 Å². The molecule has 370 valence electrons. The van der Waals surface area contributed by atoms with Crippen LogP contribution in [0.1, 0.15) is 153 Å². The SMILES string of the molecule is [2H]c1c([2H])c2c(c([2H])c1-c1cccc(-c3c([2H])c([2H])c4c(c3[2H])C(C([2H])([2H])[2H])(C([2H])([2H])[2H])C([2H])([2H])C([2H])([2H])C4(C([2H])([2H])[2H])C([2H])([2H])[2H])c1-[n+]1[c-]n(-c3cccc(Oc4ccc5c6ccccc6n(-c6cc(C([2H])([2H])[2H])c(-c7ccccc7)cn6)c5c4)c3)c3ccccc31)C(C([2H])([2H])[2H])(C([2H])([2H])[2H])CC2(C([2H])([2H])[2H])C([2H])([2H])[2H]. The monoisotopic (exact) mass is 1010 g/mol. The molecular weight excluding hydrogens is 913 g/mol. The van der Waals surface area contributed by atoms with E-state index in [0.29, 0.717) is 27.5 Å². The summed E-state index contributed by atoms with van der Waals surface area (Å²) < 4.78 is 350. The fourth-order valence-electron chi connectivity index (χ4n) is 10.3. The Balaban J connectivity index is 1.12. The molecule has 0 amide bonds. The van der Waals surface area contributed by atoms with Crippen molar-refractivity contribution in [2.75, 3.05) is 0 Å². The van der Waals surface area contributed by atoms with Crippen LogP contribution in [0.4, 0.5) is 0 Å². The Morgan fingerprint density at radius 2 is 1.19 bits per heavy atom. The fourth-order valence-corrected chi connectivity index (χ4v) is 10.3. The molecule has 3 heterocycles. The average molecular weight is 1010 g/mol. The molecule has 75 heavy (non-hydrogen) atoms. The molecule has 0 radical (unpaired) electrons. The molecular formula is C70H64N4O. The lowest BCUT2D eigenvalue weighted by Crippen LogP contribution is -2.34. The summed E-state index contributed by atoms with van der Waals surface area (Å²) in [6.07, 6.45) is -6.75. The molecule has 8 aromatic carbocycles. The summed E-state index contributed by atoms with van der Waals surface area (Å²) in [5.41, 5.74) is -25.1. The van der Waals surface area contributed by atoms with E-state index in [1.54, 1.807) is 77.4 Å². The lowest BCUT2D eigenvalue weighted by atomic mass is 9.63. The van der Waals surface area contributed by atoms with Gasteiger partial charge in [-0.3, -0.25) is 13.7 Å². The maximum absolute atomic E-state index is 10.4. The van der Waals surface area contributed by atoms with E-state index in [2.05, 4.69) is 6.33 Å². The lowest BCUT2D eigenvalue weighted by molar-refractivity contribution is -0.571. The molecule has 0 aliphatic heterocycles. The zero-order valence-corrected chi connectivity index (χ0v) is 39.3. The number of aryl methyl sites for hydroxylation is 1. The van der Waals surface area contributed by atoms with Gasteiger partial charge in [0.15, 0.2) is 0 Å². The van der Waals surface area contributed by atoms with E-state index in [0.717, 1.165) is 28.2 Å². The zero-order valence-electron chi connectivity index (χ0n) is 76.3. The van der Waals surface area contributed by atoms with Crippen LogP contribution in [0.3, 0.4) is 0 Å². The second kappa shape index (κ2) is 17.0. The van der Waals surface area contributed by atoms with Crippen molar-refractivity contribution in [1.29, 1.82) is 0 Å². The van der Waals surface area contributed by atoms with Gasteiger partial charge in [0.2, 0.25) is 0 Å². The number of ether oxygens (including phenoxy) is 1. The number of pyridine rings is 1. The van der Waals surface area contributed by atoms with Gasteiger partial charge in [-0.2, -0.15) is 0 Å². The van der Waals surface area contributed by atoms with E-state index in [4.69, 9.17) is 46.7 Å². The minimum atomic E-state index is -4.80. The highest BCUT2D eigenvalue weighted by Gasteiger charge is 2.42. The first-order valence-corrected chi connectivity index (χ1v) is 23.6. The molecule has 0 fully saturated rings. The van der Waals surface area contributed by atoms with Crippen LogP contribution >= 0.6 is 0 Å². The summed E-state index contributed by atoms with van der Waals surface area (Å²) in [5, 5.41) is 1.48. The average Bonchev–Trinajstić information content (AvgIpc) is 0.845. The fraction of sp³-hybridized carbons (Fsp3) is 0.229. The first-order valence-electron chi connectivity index (χ1n) is 42.1. The van der Waals surface area contributed by atoms with Gasteiger partial charge in [0.1, 0.15) is 17.3 Å². The van der Waals surface area contributed by atoms with Crippen LogP contribution in [0.5, 0.6) is 11.5 Å². The van der Waals surface area contributed by atoms with Crippen LogP contribution in [0, 0.1) is 13.2 Å². The van der Waals surface area contributed by atoms with Crippen molar-refractivity contribution < 1.29 is 60.0 Å². The number of hydrogen-bond acceptors (Lipinski definition) is 2. The maximum atomic E-state index is 10.4. The van der Waals surface area contributed by atoms with Gasteiger partial charge in [0.05, 0.1) is 41.7 Å². The topological polar surface area (TPSA) is 35.9 Å². The van der Waals surface area contributed by atoms with Gasteiger partial charge < -0.3 is 4.74 Å². The number of rotatable bonds is 8. The summed E-state index contributed by atoms with van der Waals surface area (Å²) >= 11 is 0. The highest BCUT2D eigenvalue weighted by atomic mass is 16.5. The Labute approximate surface area is 493 Å². The Morgan fingerprint density at radius 3 is 1.93 bits per heavy atom. The van der Waals surface area contributed by atoms with E-state index in [-0.39, 0.29) is 39.6 Å².